The Morgan fingerprint density at radius 3 is 2.73 bits per heavy atom. The molecular weight excluding hydrogens is 211 g/mol. The van der Waals surface area contributed by atoms with Gasteiger partial charge in [0.15, 0.2) is 0 Å². The number of benzene rings is 1. The van der Waals surface area contributed by atoms with Crippen LogP contribution < -0.4 is 0 Å². The fourth-order valence-corrected chi connectivity index (χ4v) is 2.97. The average Bonchev–Trinajstić information content (AvgIpc) is 2.74. The fourth-order valence-electron chi connectivity index (χ4n) is 1.75. The van der Waals surface area contributed by atoms with E-state index in [0.717, 1.165) is 24.2 Å². The molecule has 0 radical (unpaired) electrons. The number of halogens is 1. The maximum atomic E-state index is 12.6. The van der Waals surface area contributed by atoms with Crippen LogP contribution in [-0.2, 0) is 11.2 Å². The third-order valence-corrected chi connectivity index (χ3v) is 4.01. The molecule has 0 aliphatic carbocycles. The standard InChI is InChI=1S/C12H13FOS/c13-10-5-3-9(4-6-10)8-11(14)12-2-1-7-15-12/h3-6,12H,1-2,7-8H2. The van der Waals surface area contributed by atoms with Crippen molar-refractivity contribution in [1.29, 1.82) is 0 Å². The zero-order valence-corrected chi connectivity index (χ0v) is 9.23. The van der Waals surface area contributed by atoms with E-state index in [9.17, 15) is 9.18 Å². The predicted molar refractivity (Wildman–Crippen MR) is 60.6 cm³/mol. The van der Waals surface area contributed by atoms with E-state index in [-0.39, 0.29) is 16.9 Å². The van der Waals surface area contributed by atoms with Gasteiger partial charge in [-0.15, -0.1) is 0 Å². The van der Waals surface area contributed by atoms with E-state index in [1.54, 1.807) is 23.9 Å². The van der Waals surface area contributed by atoms with Crippen molar-refractivity contribution < 1.29 is 9.18 Å². The molecule has 0 aromatic heterocycles. The van der Waals surface area contributed by atoms with Crippen LogP contribution in [0.5, 0.6) is 0 Å². The normalized spacial score (nSPS) is 20.5. The highest BCUT2D eigenvalue weighted by atomic mass is 32.2. The maximum absolute atomic E-state index is 12.6. The van der Waals surface area contributed by atoms with Crippen LogP contribution >= 0.6 is 11.8 Å². The van der Waals surface area contributed by atoms with Crippen molar-refractivity contribution in [1.82, 2.24) is 0 Å². The number of hydrogen-bond acceptors (Lipinski definition) is 2. The second-order valence-electron chi connectivity index (χ2n) is 3.77. The molecule has 15 heavy (non-hydrogen) atoms. The summed E-state index contributed by atoms with van der Waals surface area (Å²) < 4.78 is 12.6. The van der Waals surface area contributed by atoms with Gasteiger partial charge in [-0.05, 0) is 36.3 Å². The number of thioether (sulfide) groups is 1. The molecule has 1 fully saturated rings. The smallest absolute Gasteiger partial charge is 0.150 e. The summed E-state index contributed by atoms with van der Waals surface area (Å²) in [7, 11) is 0. The van der Waals surface area contributed by atoms with Gasteiger partial charge in [0.05, 0.1) is 5.25 Å². The van der Waals surface area contributed by atoms with Crippen LogP contribution in [0.4, 0.5) is 4.39 Å². The molecule has 0 bridgehead atoms. The molecule has 80 valence electrons. The first-order valence-corrected chi connectivity index (χ1v) is 6.19. The van der Waals surface area contributed by atoms with Crippen molar-refractivity contribution in [2.75, 3.05) is 5.75 Å². The van der Waals surface area contributed by atoms with Gasteiger partial charge in [0.1, 0.15) is 11.6 Å². The van der Waals surface area contributed by atoms with E-state index in [4.69, 9.17) is 0 Å². The molecule has 1 saturated heterocycles. The van der Waals surface area contributed by atoms with Gasteiger partial charge in [0.2, 0.25) is 0 Å². The van der Waals surface area contributed by atoms with Crippen molar-refractivity contribution in [3.05, 3.63) is 35.6 Å². The minimum absolute atomic E-state index is 0.176. The highest BCUT2D eigenvalue weighted by Gasteiger charge is 2.22. The highest BCUT2D eigenvalue weighted by molar-refractivity contribution is 8.00. The molecule has 1 aromatic rings. The van der Waals surface area contributed by atoms with E-state index >= 15 is 0 Å². The molecular formula is C12H13FOS. The number of ketones is 1. The number of Topliss-reactive ketones (excluding diaryl/α,β-unsaturated/α-hetero) is 1. The van der Waals surface area contributed by atoms with E-state index in [2.05, 4.69) is 0 Å². The molecule has 2 rings (SSSR count). The van der Waals surface area contributed by atoms with E-state index in [1.165, 1.54) is 12.1 Å². The number of hydrogen-bond donors (Lipinski definition) is 0. The molecule has 0 spiro atoms. The summed E-state index contributed by atoms with van der Waals surface area (Å²) >= 11 is 1.75. The maximum Gasteiger partial charge on any atom is 0.150 e. The Bertz CT molecular complexity index is 341. The summed E-state index contributed by atoms with van der Waals surface area (Å²) in [5, 5.41) is 0.176. The zero-order valence-electron chi connectivity index (χ0n) is 8.41. The second kappa shape index (κ2) is 4.79. The van der Waals surface area contributed by atoms with Crippen LogP contribution in [0.15, 0.2) is 24.3 Å². The Hall–Kier alpha value is -0.830. The summed E-state index contributed by atoms with van der Waals surface area (Å²) in [5.74, 6) is 1.13. The van der Waals surface area contributed by atoms with Crippen LogP contribution in [0.1, 0.15) is 18.4 Å². The summed E-state index contributed by atoms with van der Waals surface area (Å²) in [4.78, 5) is 11.8. The van der Waals surface area contributed by atoms with Gasteiger partial charge < -0.3 is 0 Å². The Balaban J connectivity index is 1.96. The zero-order chi connectivity index (χ0) is 10.7. The summed E-state index contributed by atoms with van der Waals surface area (Å²) in [6.45, 7) is 0. The Morgan fingerprint density at radius 2 is 2.13 bits per heavy atom. The first kappa shape index (κ1) is 10.7. The Labute approximate surface area is 93.1 Å². The molecule has 1 aliphatic rings. The molecule has 1 heterocycles. The largest absolute Gasteiger partial charge is 0.298 e. The minimum atomic E-state index is -0.249. The molecule has 0 N–H and O–H groups in total. The van der Waals surface area contributed by atoms with Crippen molar-refractivity contribution >= 4 is 17.5 Å². The van der Waals surface area contributed by atoms with Crippen LogP contribution in [0, 0.1) is 5.82 Å². The summed E-state index contributed by atoms with van der Waals surface area (Å²) in [6, 6.07) is 6.19. The van der Waals surface area contributed by atoms with Crippen molar-refractivity contribution in [3.63, 3.8) is 0 Å². The van der Waals surface area contributed by atoms with Crippen molar-refractivity contribution in [2.24, 2.45) is 0 Å². The van der Waals surface area contributed by atoms with E-state index in [1.807, 2.05) is 0 Å². The van der Waals surface area contributed by atoms with Gasteiger partial charge in [-0.25, -0.2) is 4.39 Å². The van der Waals surface area contributed by atoms with E-state index < -0.39 is 0 Å². The second-order valence-corrected chi connectivity index (χ2v) is 5.08. The van der Waals surface area contributed by atoms with E-state index in [0.29, 0.717) is 6.42 Å². The molecule has 1 aliphatic heterocycles. The summed E-state index contributed by atoms with van der Waals surface area (Å²) in [5.41, 5.74) is 0.911. The molecule has 1 unspecified atom stereocenters. The van der Waals surface area contributed by atoms with Crippen LogP contribution in [0.3, 0.4) is 0 Å². The first-order valence-electron chi connectivity index (χ1n) is 5.14. The quantitative estimate of drug-likeness (QED) is 0.785. The predicted octanol–water partition coefficient (Wildman–Crippen LogP) is 2.83. The van der Waals surface area contributed by atoms with Gasteiger partial charge in [0, 0.05) is 6.42 Å². The molecule has 3 heteroatoms. The lowest BCUT2D eigenvalue weighted by molar-refractivity contribution is -0.117. The van der Waals surface area contributed by atoms with Crippen LogP contribution in [-0.4, -0.2) is 16.8 Å². The Morgan fingerprint density at radius 1 is 1.40 bits per heavy atom. The van der Waals surface area contributed by atoms with Gasteiger partial charge >= 0.3 is 0 Å². The monoisotopic (exact) mass is 224 g/mol. The van der Waals surface area contributed by atoms with Gasteiger partial charge in [-0.1, -0.05) is 12.1 Å². The lowest BCUT2D eigenvalue weighted by Crippen LogP contribution is -2.16. The van der Waals surface area contributed by atoms with Gasteiger partial charge in [0.25, 0.3) is 0 Å². The van der Waals surface area contributed by atoms with Gasteiger partial charge in [-0.3, -0.25) is 4.79 Å². The Kier molecular flexibility index (Phi) is 3.41. The lowest BCUT2D eigenvalue weighted by Gasteiger charge is -2.06. The topological polar surface area (TPSA) is 17.1 Å². The van der Waals surface area contributed by atoms with Crippen molar-refractivity contribution in [2.45, 2.75) is 24.5 Å². The fraction of sp³-hybridized carbons (Fsp3) is 0.417. The molecule has 1 aromatic carbocycles. The minimum Gasteiger partial charge on any atom is -0.298 e. The average molecular weight is 224 g/mol. The van der Waals surface area contributed by atoms with Crippen molar-refractivity contribution in [3.8, 4) is 0 Å². The number of rotatable bonds is 3. The van der Waals surface area contributed by atoms with Crippen LogP contribution in [0.2, 0.25) is 0 Å². The lowest BCUT2D eigenvalue weighted by atomic mass is 10.0. The molecule has 0 saturated carbocycles. The number of carbonyl (C=O) groups is 1. The third-order valence-electron chi connectivity index (χ3n) is 2.58. The highest BCUT2D eigenvalue weighted by Crippen LogP contribution is 2.27. The number of carbonyl (C=O) groups excluding carboxylic acids is 1. The van der Waals surface area contributed by atoms with Gasteiger partial charge in [-0.2, -0.15) is 11.8 Å². The third kappa shape index (κ3) is 2.81. The molecule has 1 atom stereocenters. The molecule has 1 nitrogen and oxygen atoms in total. The summed E-state index contributed by atoms with van der Waals surface area (Å²) in [6.07, 6.45) is 2.59. The first-order chi connectivity index (χ1) is 7.25. The molecule has 0 amide bonds. The van der Waals surface area contributed by atoms with Crippen LogP contribution in [0.25, 0.3) is 0 Å². The SMILES string of the molecule is O=C(Cc1ccc(F)cc1)C1CCCS1.